The largest absolute Gasteiger partial charge is 0.349 e. The summed E-state index contributed by atoms with van der Waals surface area (Å²) in [5.74, 6) is -0.165. The molecule has 1 aliphatic rings. The molecular formula is C16H22N2O4S. The molecule has 0 N–H and O–H groups in total. The summed E-state index contributed by atoms with van der Waals surface area (Å²) in [6.07, 6.45) is 1.06. The molecule has 6 nitrogen and oxygen atoms in total. The maximum absolute atomic E-state index is 12.6. The smallest absolute Gasteiger partial charge is 0.243 e. The van der Waals surface area contributed by atoms with Crippen LogP contribution in [0.2, 0.25) is 0 Å². The number of ketones is 1. The van der Waals surface area contributed by atoms with Crippen LogP contribution >= 0.6 is 0 Å². The molecule has 0 radical (unpaired) electrons. The molecule has 1 aromatic rings. The molecule has 0 aromatic heterocycles. The van der Waals surface area contributed by atoms with Gasteiger partial charge in [-0.05, 0) is 31.9 Å². The molecule has 0 bridgehead atoms. The van der Waals surface area contributed by atoms with Gasteiger partial charge in [-0.25, -0.2) is 8.42 Å². The zero-order chi connectivity index (χ0) is 17.2. The molecule has 1 amide bonds. The van der Waals surface area contributed by atoms with Crippen LogP contribution in [-0.4, -0.2) is 56.5 Å². The van der Waals surface area contributed by atoms with Crippen molar-refractivity contribution < 1.29 is 18.0 Å². The van der Waals surface area contributed by atoms with E-state index in [1.165, 1.54) is 35.5 Å². The van der Waals surface area contributed by atoms with Gasteiger partial charge in [-0.3, -0.25) is 9.59 Å². The number of rotatable bonds is 4. The van der Waals surface area contributed by atoms with Gasteiger partial charge in [0.2, 0.25) is 15.9 Å². The van der Waals surface area contributed by atoms with Crippen molar-refractivity contribution in [2.24, 2.45) is 5.92 Å². The standard InChI is InChI=1S/C16H22N2O4S/c1-12(19)13-4-6-15(7-5-13)23(21,22)18-10-8-14(9-11-18)16(20)17(2)3/h4-7,14H,8-11H2,1-3H3. The van der Waals surface area contributed by atoms with Gasteiger partial charge in [0.15, 0.2) is 5.78 Å². The second-order valence-corrected chi connectivity index (χ2v) is 7.93. The van der Waals surface area contributed by atoms with Gasteiger partial charge in [-0.1, -0.05) is 12.1 Å². The number of carbonyl (C=O) groups excluding carboxylic acids is 2. The first-order chi connectivity index (χ1) is 10.7. The van der Waals surface area contributed by atoms with E-state index < -0.39 is 10.0 Å². The minimum absolute atomic E-state index is 0.0489. The van der Waals surface area contributed by atoms with Crippen molar-refractivity contribution in [1.29, 1.82) is 0 Å². The van der Waals surface area contributed by atoms with Gasteiger partial charge in [0.1, 0.15) is 0 Å². The number of carbonyl (C=O) groups is 2. The molecule has 0 spiro atoms. The van der Waals surface area contributed by atoms with Gasteiger partial charge in [0, 0.05) is 38.7 Å². The lowest BCUT2D eigenvalue weighted by Crippen LogP contribution is -2.42. The number of nitrogens with zero attached hydrogens (tertiary/aromatic N) is 2. The van der Waals surface area contributed by atoms with E-state index in [1.807, 2.05) is 0 Å². The molecule has 7 heteroatoms. The fourth-order valence-corrected chi connectivity index (χ4v) is 4.19. The summed E-state index contributed by atoms with van der Waals surface area (Å²) in [7, 11) is -0.156. The Morgan fingerprint density at radius 1 is 1.09 bits per heavy atom. The molecule has 0 aliphatic carbocycles. The van der Waals surface area contributed by atoms with Crippen LogP contribution in [0.25, 0.3) is 0 Å². The third kappa shape index (κ3) is 3.79. The maximum Gasteiger partial charge on any atom is 0.243 e. The molecular weight excluding hydrogens is 316 g/mol. The SMILES string of the molecule is CC(=O)c1ccc(S(=O)(=O)N2CCC(C(=O)N(C)C)CC2)cc1. The van der Waals surface area contributed by atoms with Crippen LogP contribution in [-0.2, 0) is 14.8 Å². The average Bonchev–Trinajstić information content (AvgIpc) is 2.54. The summed E-state index contributed by atoms with van der Waals surface area (Å²) >= 11 is 0. The Balaban J connectivity index is 2.10. The molecule has 0 unspecified atom stereocenters. The topological polar surface area (TPSA) is 74.8 Å². The Kier molecular flexibility index (Phi) is 5.21. The van der Waals surface area contributed by atoms with Gasteiger partial charge >= 0.3 is 0 Å². The second-order valence-electron chi connectivity index (χ2n) is 5.99. The van der Waals surface area contributed by atoms with E-state index in [9.17, 15) is 18.0 Å². The third-order valence-electron chi connectivity index (χ3n) is 4.14. The number of amides is 1. The maximum atomic E-state index is 12.6. The highest BCUT2D eigenvalue weighted by Crippen LogP contribution is 2.25. The van der Waals surface area contributed by atoms with Crippen LogP contribution < -0.4 is 0 Å². The zero-order valence-corrected chi connectivity index (χ0v) is 14.5. The number of piperidine rings is 1. The van der Waals surface area contributed by atoms with Crippen molar-refractivity contribution in [3.63, 3.8) is 0 Å². The highest BCUT2D eigenvalue weighted by atomic mass is 32.2. The Hall–Kier alpha value is -1.73. The van der Waals surface area contributed by atoms with E-state index in [0.29, 0.717) is 31.5 Å². The quantitative estimate of drug-likeness (QED) is 0.777. The summed E-state index contributed by atoms with van der Waals surface area (Å²) in [4.78, 5) is 25.0. The fraction of sp³-hybridized carbons (Fsp3) is 0.500. The molecule has 1 aromatic carbocycles. The lowest BCUT2D eigenvalue weighted by molar-refractivity contribution is -0.134. The monoisotopic (exact) mass is 338 g/mol. The van der Waals surface area contributed by atoms with Gasteiger partial charge in [-0.2, -0.15) is 4.31 Å². The second kappa shape index (κ2) is 6.80. The number of hydrogen-bond acceptors (Lipinski definition) is 4. The summed E-state index contributed by atoms with van der Waals surface area (Å²) in [6.45, 7) is 2.11. The average molecular weight is 338 g/mol. The van der Waals surface area contributed by atoms with Crippen molar-refractivity contribution >= 4 is 21.7 Å². The molecule has 0 saturated carbocycles. The van der Waals surface area contributed by atoms with E-state index in [-0.39, 0.29) is 22.5 Å². The van der Waals surface area contributed by atoms with Gasteiger partial charge in [0.05, 0.1) is 4.90 Å². The summed E-state index contributed by atoms with van der Waals surface area (Å²) in [6, 6.07) is 5.97. The Bertz CT molecular complexity index is 687. The van der Waals surface area contributed by atoms with E-state index in [0.717, 1.165) is 0 Å². The predicted octanol–water partition coefficient (Wildman–Crippen LogP) is 1.38. The van der Waals surface area contributed by atoms with Crippen molar-refractivity contribution in [3.8, 4) is 0 Å². The first kappa shape index (κ1) is 17.6. The van der Waals surface area contributed by atoms with E-state index in [1.54, 1.807) is 19.0 Å². The molecule has 2 rings (SSSR count). The first-order valence-corrected chi connectivity index (χ1v) is 9.00. The number of hydrogen-bond donors (Lipinski definition) is 0. The lowest BCUT2D eigenvalue weighted by Gasteiger charge is -2.31. The third-order valence-corrected chi connectivity index (χ3v) is 6.06. The van der Waals surface area contributed by atoms with Gasteiger partial charge in [0.25, 0.3) is 0 Å². The van der Waals surface area contributed by atoms with Crippen molar-refractivity contribution in [3.05, 3.63) is 29.8 Å². The predicted molar refractivity (Wildman–Crippen MR) is 86.6 cm³/mol. The molecule has 1 heterocycles. The van der Waals surface area contributed by atoms with Gasteiger partial charge < -0.3 is 4.90 Å². The minimum atomic E-state index is -3.58. The highest BCUT2D eigenvalue weighted by molar-refractivity contribution is 7.89. The van der Waals surface area contributed by atoms with E-state index in [4.69, 9.17) is 0 Å². The molecule has 1 saturated heterocycles. The van der Waals surface area contributed by atoms with Crippen molar-refractivity contribution in [2.45, 2.75) is 24.7 Å². The zero-order valence-electron chi connectivity index (χ0n) is 13.7. The van der Waals surface area contributed by atoms with Gasteiger partial charge in [-0.15, -0.1) is 0 Å². The highest BCUT2D eigenvalue weighted by Gasteiger charge is 2.32. The minimum Gasteiger partial charge on any atom is -0.349 e. The normalized spacial score (nSPS) is 17.0. The summed E-state index contributed by atoms with van der Waals surface area (Å²) in [5, 5.41) is 0. The lowest BCUT2D eigenvalue weighted by atomic mass is 9.97. The van der Waals surface area contributed by atoms with Crippen molar-refractivity contribution in [1.82, 2.24) is 9.21 Å². The number of benzene rings is 1. The molecule has 0 atom stereocenters. The Labute approximate surface area is 137 Å². The fourth-order valence-electron chi connectivity index (χ4n) is 2.72. The van der Waals surface area contributed by atoms with Crippen LogP contribution in [0.4, 0.5) is 0 Å². The number of sulfonamides is 1. The molecule has 1 fully saturated rings. The molecule has 126 valence electrons. The Morgan fingerprint density at radius 2 is 1.61 bits per heavy atom. The number of Topliss-reactive ketones (excluding diaryl/α,β-unsaturated/α-hetero) is 1. The van der Waals surface area contributed by atoms with Crippen LogP contribution in [0.3, 0.4) is 0 Å². The van der Waals surface area contributed by atoms with Crippen molar-refractivity contribution in [2.75, 3.05) is 27.2 Å². The van der Waals surface area contributed by atoms with E-state index in [2.05, 4.69) is 0 Å². The first-order valence-electron chi connectivity index (χ1n) is 7.56. The van der Waals surface area contributed by atoms with Crippen LogP contribution in [0.1, 0.15) is 30.1 Å². The van der Waals surface area contributed by atoms with Crippen LogP contribution in [0, 0.1) is 5.92 Å². The van der Waals surface area contributed by atoms with Crippen LogP contribution in [0.5, 0.6) is 0 Å². The Morgan fingerprint density at radius 3 is 2.04 bits per heavy atom. The van der Waals surface area contributed by atoms with E-state index >= 15 is 0 Å². The summed E-state index contributed by atoms with van der Waals surface area (Å²) < 4.78 is 26.7. The molecule has 23 heavy (non-hydrogen) atoms. The summed E-state index contributed by atoms with van der Waals surface area (Å²) in [5.41, 5.74) is 0.485. The molecule has 1 aliphatic heterocycles. The van der Waals surface area contributed by atoms with Crippen LogP contribution in [0.15, 0.2) is 29.2 Å².